The second-order valence-corrected chi connectivity index (χ2v) is 7.30. The number of carbonyl (C=O) groups is 1. The number of halogens is 1. The summed E-state index contributed by atoms with van der Waals surface area (Å²) in [5.41, 5.74) is 2.69. The maximum absolute atomic E-state index is 13.1. The molecule has 0 radical (unpaired) electrons. The molecule has 0 saturated heterocycles. The molecule has 0 N–H and O–H groups in total. The van der Waals surface area contributed by atoms with Gasteiger partial charge in [0.25, 0.3) is 0 Å². The van der Waals surface area contributed by atoms with Gasteiger partial charge in [-0.05, 0) is 35.7 Å². The molecule has 3 rings (SSSR count). The van der Waals surface area contributed by atoms with Crippen molar-refractivity contribution in [2.45, 2.75) is 24.9 Å². The number of hydrogen-bond acceptors (Lipinski definition) is 4. The molecule has 0 unspecified atom stereocenters. The van der Waals surface area contributed by atoms with Gasteiger partial charge in [-0.2, -0.15) is 0 Å². The first kappa shape index (κ1) is 18.3. The lowest BCUT2D eigenvalue weighted by Crippen LogP contribution is -2.04. The maximum Gasteiger partial charge on any atom is 0.191 e. The second-order valence-electron chi connectivity index (χ2n) is 6.36. The summed E-state index contributed by atoms with van der Waals surface area (Å²) in [6.07, 6.45) is 0. The highest BCUT2D eigenvalue weighted by Crippen LogP contribution is 2.24. The van der Waals surface area contributed by atoms with Gasteiger partial charge in [-0.25, -0.2) is 4.39 Å². The summed E-state index contributed by atoms with van der Waals surface area (Å²) in [6, 6.07) is 13.8. The van der Waals surface area contributed by atoms with Crippen LogP contribution in [-0.2, 0) is 7.05 Å². The highest BCUT2D eigenvalue weighted by molar-refractivity contribution is 7.99. The number of Topliss-reactive ketones (excluding diaryl/α,β-unsaturated/α-hetero) is 1. The molecule has 0 aliphatic heterocycles. The maximum atomic E-state index is 13.1. The molecule has 3 aromatic rings. The Morgan fingerprint density at radius 3 is 2.35 bits per heavy atom. The summed E-state index contributed by atoms with van der Waals surface area (Å²) < 4.78 is 14.9. The van der Waals surface area contributed by atoms with E-state index in [1.54, 1.807) is 12.1 Å². The van der Waals surface area contributed by atoms with Crippen LogP contribution in [0.4, 0.5) is 4.39 Å². The highest BCUT2D eigenvalue weighted by atomic mass is 32.2. The summed E-state index contributed by atoms with van der Waals surface area (Å²) in [6.45, 7) is 4.25. The molecule has 0 bridgehead atoms. The van der Waals surface area contributed by atoms with Crippen molar-refractivity contribution < 1.29 is 9.18 Å². The minimum atomic E-state index is -0.292. The fraction of sp³-hybridized carbons (Fsp3) is 0.250. The predicted octanol–water partition coefficient (Wildman–Crippen LogP) is 4.72. The molecule has 0 aliphatic carbocycles. The lowest BCUT2D eigenvalue weighted by molar-refractivity contribution is 0.102. The van der Waals surface area contributed by atoms with Crippen molar-refractivity contribution in [3.05, 3.63) is 65.5 Å². The zero-order valence-corrected chi connectivity index (χ0v) is 15.8. The van der Waals surface area contributed by atoms with Gasteiger partial charge in [0, 0.05) is 18.2 Å². The number of thioether (sulfide) groups is 1. The quantitative estimate of drug-likeness (QED) is 0.466. The Hall–Kier alpha value is -2.47. The number of benzene rings is 2. The average molecular weight is 369 g/mol. The van der Waals surface area contributed by atoms with Gasteiger partial charge in [0.05, 0.1) is 5.75 Å². The van der Waals surface area contributed by atoms with E-state index >= 15 is 0 Å². The number of rotatable bonds is 6. The predicted molar refractivity (Wildman–Crippen MR) is 102 cm³/mol. The summed E-state index contributed by atoms with van der Waals surface area (Å²) in [5, 5.41) is 8.95. The van der Waals surface area contributed by atoms with Crippen LogP contribution in [0.5, 0.6) is 0 Å². The van der Waals surface area contributed by atoms with Crippen LogP contribution in [0, 0.1) is 5.82 Å². The van der Waals surface area contributed by atoms with E-state index in [1.807, 2.05) is 35.9 Å². The Labute approximate surface area is 156 Å². The fourth-order valence-corrected chi connectivity index (χ4v) is 3.36. The van der Waals surface area contributed by atoms with Gasteiger partial charge in [0.2, 0.25) is 0 Å². The molecule has 4 nitrogen and oxygen atoms in total. The smallest absolute Gasteiger partial charge is 0.191 e. The normalized spacial score (nSPS) is 11.1. The van der Waals surface area contributed by atoms with Crippen molar-refractivity contribution >= 4 is 17.5 Å². The van der Waals surface area contributed by atoms with Gasteiger partial charge in [0.15, 0.2) is 16.8 Å². The van der Waals surface area contributed by atoms with Gasteiger partial charge in [-0.15, -0.1) is 10.2 Å². The van der Waals surface area contributed by atoms with E-state index in [9.17, 15) is 9.18 Å². The third kappa shape index (κ3) is 4.02. The Morgan fingerprint density at radius 1 is 1.08 bits per heavy atom. The van der Waals surface area contributed by atoms with E-state index in [2.05, 4.69) is 24.0 Å². The highest BCUT2D eigenvalue weighted by Gasteiger charge is 2.14. The molecule has 0 amide bonds. The molecule has 0 atom stereocenters. The number of carbonyl (C=O) groups excluding carboxylic acids is 1. The molecular weight excluding hydrogens is 349 g/mol. The molecule has 2 aromatic carbocycles. The van der Waals surface area contributed by atoms with Crippen molar-refractivity contribution in [1.82, 2.24) is 14.8 Å². The van der Waals surface area contributed by atoms with Crippen LogP contribution in [0.25, 0.3) is 11.4 Å². The van der Waals surface area contributed by atoms with Crippen LogP contribution in [0.15, 0.2) is 53.7 Å². The third-order valence-electron chi connectivity index (χ3n) is 4.17. The number of nitrogens with zero attached hydrogens (tertiary/aromatic N) is 3. The largest absolute Gasteiger partial charge is 0.305 e. The SMILES string of the molecule is CC(C)c1ccc(C(=O)CSc2nnc(-c3ccc(F)cc3)n2C)cc1. The first-order chi connectivity index (χ1) is 12.5. The molecule has 1 heterocycles. The van der Waals surface area contributed by atoms with Crippen molar-refractivity contribution in [3.63, 3.8) is 0 Å². The van der Waals surface area contributed by atoms with Crippen LogP contribution in [-0.4, -0.2) is 26.3 Å². The average Bonchev–Trinajstić information content (AvgIpc) is 3.01. The van der Waals surface area contributed by atoms with Crippen LogP contribution >= 0.6 is 11.8 Å². The summed E-state index contributed by atoms with van der Waals surface area (Å²) in [5.74, 6) is 1.13. The molecule has 0 spiro atoms. The van der Waals surface area contributed by atoms with Gasteiger partial charge < -0.3 is 4.57 Å². The topological polar surface area (TPSA) is 47.8 Å². The monoisotopic (exact) mass is 369 g/mol. The van der Waals surface area contributed by atoms with E-state index < -0.39 is 0 Å². The zero-order valence-electron chi connectivity index (χ0n) is 14.9. The minimum Gasteiger partial charge on any atom is -0.305 e. The van der Waals surface area contributed by atoms with Crippen LogP contribution in [0.3, 0.4) is 0 Å². The first-order valence-electron chi connectivity index (χ1n) is 8.37. The minimum absolute atomic E-state index is 0.0524. The van der Waals surface area contributed by atoms with E-state index in [0.717, 1.165) is 5.56 Å². The Morgan fingerprint density at radius 2 is 1.73 bits per heavy atom. The summed E-state index contributed by atoms with van der Waals surface area (Å²) in [7, 11) is 1.84. The first-order valence-corrected chi connectivity index (χ1v) is 9.35. The van der Waals surface area contributed by atoms with E-state index in [-0.39, 0.29) is 17.4 Å². The van der Waals surface area contributed by atoms with Crippen molar-refractivity contribution in [2.75, 3.05) is 5.75 Å². The van der Waals surface area contributed by atoms with Crippen molar-refractivity contribution in [3.8, 4) is 11.4 Å². The summed E-state index contributed by atoms with van der Waals surface area (Å²) in [4.78, 5) is 12.4. The molecular formula is C20H20FN3OS. The molecule has 0 saturated carbocycles. The molecule has 6 heteroatoms. The number of aromatic nitrogens is 3. The Balaban J connectivity index is 1.68. The van der Waals surface area contributed by atoms with E-state index in [1.165, 1.54) is 29.5 Å². The third-order valence-corrected chi connectivity index (χ3v) is 5.19. The summed E-state index contributed by atoms with van der Waals surface area (Å²) >= 11 is 1.34. The molecule has 1 aromatic heterocycles. The Bertz CT molecular complexity index is 902. The lowest BCUT2D eigenvalue weighted by Gasteiger charge is -2.06. The lowest BCUT2D eigenvalue weighted by atomic mass is 10.0. The van der Waals surface area contributed by atoms with E-state index in [0.29, 0.717) is 22.5 Å². The van der Waals surface area contributed by atoms with Crippen molar-refractivity contribution in [1.29, 1.82) is 0 Å². The second kappa shape index (κ2) is 7.83. The van der Waals surface area contributed by atoms with Gasteiger partial charge >= 0.3 is 0 Å². The van der Waals surface area contributed by atoms with Gasteiger partial charge in [-0.3, -0.25) is 4.79 Å². The van der Waals surface area contributed by atoms with Crippen LogP contribution < -0.4 is 0 Å². The fourth-order valence-electron chi connectivity index (χ4n) is 2.56. The van der Waals surface area contributed by atoms with E-state index in [4.69, 9.17) is 0 Å². The van der Waals surface area contributed by atoms with Gasteiger partial charge in [0.1, 0.15) is 5.82 Å². The number of hydrogen-bond donors (Lipinski definition) is 0. The molecule has 134 valence electrons. The molecule has 26 heavy (non-hydrogen) atoms. The van der Waals surface area contributed by atoms with Gasteiger partial charge in [-0.1, -0.05) is 49.9 Å². The van der Waals surface area contributed by atoms with Crippen LogP contribution in [0.2, 0.25) is 0 Å². The number of ketones is 1. The van der Waals surface area contributed by atoms with Crippen LogP contribution in [0.1, 0.15) is 35.7 Å². The Kier molecular flexibility index (Phi) is 5.52. The molecule has 0 aliphatic rings. The standard InChI is InChI=1S/C20H20FN3OS/c1-13(2)14-4-6-15(7-5-14)18(25)12-26-20-23-22-19(24(20)3)16-8-10-17(21)11-9-16/h4-11,13H,12H2,1-3H3. The van der Waals surface area contributed by atoms with Crippen molar-refractivity contribution in [2.24, 2.45) is 7.05 Å². The zero-order chi connectivity index (χ0) is 18.7. The molecule has 0 fully saturated rings.